The number of halogens is 1. The van der Waals surface area contributed by atoms with Gasteiger partial charge in [-0.05, 0) is 42.0 Å². The Morgan fingerprint density at radius 1 is 1.00 bits per heavy atom. The number of hydrogen-bond donors (Lipinski definition) is 1. The first-order valence-corrected chi connectivity index (χ1v) is 8.88. The summed E-state index contributed by atoms with van der Waals surface area (Å²) < 4.78 is 0. The third-order valence-electron chi connectivity index (χ3n) is 4.42. The summed E-state index contributed by atoms with van der Waals surface area (Å²) in [6.45, 7) is 0.308. The zero-order valence-corrected chi connectivity index (χ0v) is 15.3. The number of aromatic nitrogens is 1. The average Bonchev–Trinajstić information content (AvgIpc) is 2.97. The number of para-hydroxylation sites is 1. The number of carbonyl (C=O) groups excluding carboxylic acids is 3. The van der Waals surface area contributed by atoms with Crippen LogP contribution in [0.25, 0.3) is 0 Å². The van der Waals surface area contributed by atoms with E-state index in [1.807, 2.05) is 6.07 Å². The van der Waals surface area contributed by atoms with Crippen LogP contribution in [0.15, 0.2) is 67.0 Å². The molecule has 0 bridgehead atoms. The van der Waals surface area contributed by atoms with Crippen molar-refractivity contribution in [2.75, 3.05) is 4.90 Å². The molecule has 6 nitrogen and oxygen atoms in total. The summed E-state index contributed by atoms with van der Waals surface area (Å²) in [5.74, 6) is -1.31. The predicted octanol–water partition coefficient (Wildman–Crippen LogP) is 3.47. The van der Waals surface area contributed by atoms with E-state index >= 15 is 0 Å². The van der Waals surface area contributed by atoms with Crippen molar-refractivity contribution in [3.05, 3.63) is 94.3 Å². The van der Waals surface area contributed by atoms with Crippen molar-refractivity contribution in [2.24, 2.45) is 0 Å². The van der Waals surface area contributed by atoms with Crippen molar-refractivity contribution in [1.82, 2.24) is 10.3 Å². The topological polar surface area (TPSA) is 79.4 Å². The molecule has 2 aromatic carbocycles. The molecule has 0 fully saturated rings. The van der Waals surface area contributed by atoms with E-state index in [1.54, 1.807) is 42.7 Å². The average molecular weight is 392 g/mol. The Labute approximate surface area is 165 Å². The van der Waals surface area contributed by atoms with E-state index in [1.165, 1.54) is 18.2 Å². The van der Waals surface area contributed by atoms with Crippen LogP contribution in [-0.2, 0) is 6.54 Å². The van der Waals surface area contributed by atoms with Gasteiger partial charge in [0, 0.05) is 24.5 Å². The van der Waals surface area contributed by atoms with Crippen LogP contribution in [0, 0.1) is 0 Å². The molecule has 0 saturated heterocycles. The number of hydrogen-bond acceptors (Lipinski definition) is 4. The Morgan fingerprint density at radius 3 is 2.54 bits per heavy atom. The minimum Gasteiger partial charge on any atom is -0.348 e. The number of benzene rings is 2. The maximum atomic E-state index is 12.8. The molecule has 3 aromatic rings. The highest BCUT2D eigenvalue weighted by molar-refractivity contribution is 6.39. The standard InChI is InChI=1S/C21H14ClN3O3/c22-17-5-1-2-6-18(17)25-20(27)15-8-7-14(10-16(15)21(25)28)19(26)24-12-13-4-3-9-23-11-13/h1-11H,12H2,(H,24,26). The Kier molecular flexibility index (Phi) is 4.63. The highest BCUT2D eigenvalue weighted by Gasteiger charge is 2.38. The molecule has 138 valence electrons. The Morgan fingerprint density at radius 2 is 1.79 bits per heavy atom. The summed E-state index contributed by atoms with van der Waals surface area (Å²) in [5.41, 5.74) is 1.89. The normalized spacial score (nSPS) is 12.8. The second-order valence-electron chi connectivity index (χ2n) is 6.20. The SMILES string of the molecule is O=C(NCc1cccnc1)c1ccc2c(c1)C(=O)N(c1ccccc1Cl)C2=O. The van der Waals surface area contributed by atoms with Crippen LogP contribution in [0.2, 0.25) is 5.02 Å². The smallest absolute Gasteiger partial charge is 0.266 e. The van der Waals surface area contributed by atoms with E-state index in [-0.39, 0.29) is 17.0 Å². The molecule has 1 aromatic heterocycles. The number of nitrogens with one attached hydrogen (secondary N) is 1. The van der Waals surface area contributed by atoms with Crippen LogP contribution in [0.5, 0.6) is 0 Å². The molecule has 7 heteroatoms. The molecular formula is C21H14ClN3O3. The minimum absolute atomic E-state index is 0.180. The Balaban J connectivity index is 1.58. The van der Waals surface area contributed by atoms with Crippen molar-refractivity contribution >= 4 is 35.0 Å². The lowest BCUT2D eigenvalue weighted by molar-refractivity contribution is 0.0923. The summed E-state index contributed by atoms with van der Waals surface area (Å²) in [5, 5.41) is 3.07. The van der Waals surface area contributed by atoms with E-state index in [4.69, 9.17) is 11.6 Å². The monoisotopic (exact) mass is 391 g/mol. The quantitative estimate of drug-likeness (QED) is 0.691. The zero-order chi connectivity index (χ0) is 19.7. The predicted molar refractivity (Wildman–Crippen MR) is 104 cm³/mol. The second-order valence-corrected chi connectivity index (χ2v) is 6.61. The first-order valence-electron chi connectivity index (χ1n) is 8.51. The van der Waals surface area contributed by atoms with Gasteiger partial charge in [0.05, 0.1) is 21.8 Å². The first kappa shape index (κ1) is 17.9. The molecule has 2 heterocycles. The number of amides is 3. The summed E-state index contributed by atoms with van der Waals surface area (Å²) in [7, 11) is 0. The van der Waals surface area contributed by atoms with E-state index < -0.39 is 11.8 Å². The lowest BCUT2D eigenvalue weighted by Gasteiger charge is -2.15. The van der Waals surface area contributed by atoms with Crippen molar-refractivity contribution in [2.45, 2.75) is 6.54 Å². The lowest BCUT2D eigenvalue weighted by atomic mass is 10.1. The van der Waals surface area contributed by atoms with Crippen LogP contribution < -0.4 is 10.2 Å². The van der Waals surface area contributed by atoms with E-state index in [0.717, 1.165) is 10.5 Å². The van der Waals surface area contributed by atoms with Crippen LogP contribution in [0.4, 0.5) is 5.69 Å². The molecule has 0 aliphatic carbocycles. The highest BCUT2D eigenvalue weighted by atomic mass is 35.5. The van der Waals surface area contributed by atoms with Gasteiger partial charge in [0.25, 0.3) is 17.7 Å². The van der Waals surface area contributed by atoms with Crippen LogP contribution in [-0.4, -0.2) is 22.7 Å². The van der Waals surface area contributed by atoms with Gasteiger partial charge in [0.1, 0.15) is 0 Å². The molecule has 0 atom stereocenters. The summed E-state index contributed by atoms with van der Waals surface area (Å²) in [6, 6.07) is 14.7. The third-order valence-corrected chi connectivity index (χ3v) is 4.74. The van der Waals surface area contributed by atoms with Crippen LogP contribution in [0.3, 0.4) is 0 Å². The lowest BCUT2D eigenvalue weighted by Crippen LogP contribution is -2.29. The van der Waals surface area contributed by atoms with Crippen molar-refractivity contribution < 1.29 is 14.4 Å². The number of anilines is 1. The van der Waals surface area contributed by atoms with Crippen molar-refractivity contribution in [3.63, 3.8) is 0 Å². The molecule has 0 unspecified atom stereocenters. The van der Waals surface area contributed by atoms with Gasteiger partial charge in [-0.1, -0.05) is 29.8 Å². The fourth-order valence-electron chi connectivity index (χ4n) is 3.02. The number of nitrogens with zero attached hydrogens (tertiary/aromatic N) is 2. The zero-order valence-electron chi connectivity index (χ0n) is 14.6. The number of fused-ring (bicyclic) bond motifs is 1. The van der Waals surface area contributed by atoms with Gasteiger partial charge < -0.3 is 5.32 Å². The number of pyridine rings is 1. The van der Waals surface area contributed by atoms with Gasteiger partial charge in [-0.2, -0.15) is 0 Å². The summed E-state index contributed by atoms with van der Waals surface area (Å²) in [4.78, 5) is 43.0. The highest BCUT2D eigenvalue weighted by Crippen LogP contribution is 2.33. The third kappa shape index (κ3) is 3.14. The van der Waals surface area contributed by atoms with Crippen LogP contribution >= 0.6 is 11.6 Å². The fraction of sp³-hybridized carbons (Fsp3) is 0.0476. The van der Waals surface area contributed by atoms with Crippen LogP contribution in [0.1, 0.15) is 36.6 Å². The number of imide groups is 1. The molecule has 3 amide bonds. The summed E-state index contributed by atoms with van der Waals surface area (Å²) >= 11 is 6.14. The van der Waals surface area contributed by atoms with E-state index in [9.17, 15) is 14.4 Å². The Bertz CT molecular complexity index is 1100. The maximum absolute atomic E-state index is 12.8. The van der Waals surface area contributed by atoms with E-state index in [0.29, 0.717) is 22.8 Å². The molecule has 1 aliphatic heterocycles. The Hall–Kier alpha value is -3.51. The number of carbonyl (C=O) groups is 3. The van der Waals surface area contributed by atoms with Gasteiger partial charge in [-0.15, -0.1) is 0 Å². The summed E-state index contributed by atoms with van der Waals surface area (Å²) in [6.07, 6.45) is 3.31. The van der Waals surface area contributed by atoms with Crippen molar-refractivity contribution in [3.8, 4) is 0 Å². The molecule has 1 aliphatic rings. The molecule has 28 heavy (non-hydrogen) atoms. The van der Waals surface area contributed by atoms with Gasteiger partial charge in [0.2, 0.25) is 0 Å². The molecule has 0 saturated carbocycles. The molecule has 0 spiro atoms. The van der Waals surface area contributed by atoms with Gasteiger partial charge >= 0.3 is 0 Å². The minimum atomic E-state index is -0.505. The molecule has 4 rings (SSSR count). The van der Waals surface area contributed by atoms with E-state index in [2.05, 4.69) is 10.3 Å². The fourth-order valence-corrected chi connectivity index (χ4v) is 3.24. The van der Waals surface area contributed by atoms with Gasteiger partial charge in [0.15, 0.2) is 0 Å². The largest absolute Gasteiger partial charge is 0.348 e. The molecular weight excluding hydrogens is 378 g/mol. The number of rotatable bonds is 4. The molecule has 0 radical (unpaired) electrons. The molecule has 1 N–H and O–H groups in total. The van der Waals surface area contributed by atoms with Gasteiger partial charge in [-0.3, -0.25) is 19.4 Å². The first-order chi connectivity index (χ1) is 13.6. The second kappa shape index (κ2) is 7.25. The van der Waals surface area contributed by atoms with Gasteiger partial charge in [-0.25, -0.2) is 4.90 Å². The maximum Gasteiger partial charge on any atom is 0.266 e. The van der Waals surface area contributed by atoms with Crippen molar-refractivity contribution in [1.29, 1.82) is 0 Å².